The normalized spacial score (nSPS) is 20.2. The van der Waals surface area contributed by atoms with E-state index in [-0.39, 0.29) is 11.3 Å². The molecule has 0 aliphatic carbocycles. The molecule has 0 saturated carbocycles. The molecule has 3 rings (SSSR count). The van der Waals surface area contributed by atoms with Crippen molar-refractivity contribution in [3.05, 3.63) is 29.8 Å². The number of piperazine rings is 1. The van der Waals surface area contributed by atoms with Gasteiger partial charge in [-0.2, -0.15) is 4.31 Å². The van der Waals surface area contributed by atoms with Crippen molar-refractivity contribution in [3.8, 4) is 0 Å². The summed E-state index contributed by atoms with van der Waals surface area (Å²) in [6, 6.07) is 7.19. The van der Waals surface area contributed by atoms with Gasteiger partial charge in [-0.3, -0.25) is 4.79 Å². The van der Waals surface area contributed by atoms with Crippen LogP contribution in [0.3, 0.4) is 0 Å². The van der Waals surface area contributed by atoms with E-state index in [4.69, 9.17) is 0 Å². The number of rotatable bonds is 4. The van der Waals surface area contributed by atoms with E-state index >= 15 is 0 Å². The van der Waals surface area contributed by atoms with E-state index in [2.05, 4.69) is 20.8 Å². The van der Waals surface area contributed by atoms with Crippen LogP contribution < -0.4 is 4.90 Å². The van der Waals surface area contributed by atoms with E-state index in [1.807, 2.05) is 17.0 Å². The lowest BCUT2D eigenvalue weighted by Gasteiger charge is -2.34. The molecule has 1 N–H and O–H groups in total. The summed E-state index contributed by atoms with van der Waals surface area (Å²) in [7, 11) is -3.51. The summed E-state index contributed by atoms with van der Waals surface area (Å²) in [6.07, 6.45) is 2.39. The molecule has 6 nitrogen and oxygen atoms in total. The van der Waals surface area contributed by atoms with Crippen LogP contribution in [0.4, 0.5) is 0 Å². The van der Waals surface area contributed by atoms with Crippen molar-refractivity contribution in [1.82, 2.24) is 9.21 Å². The van der Waals surface area contributed by atoms with E-state index < -0.39 is 10.0 Å². The van der Waals surface area contributed by atoms with Crippen molar-refractivity contribution in [2.75, 3.05) is 45.8 Å². The van der Waals surface area contributed by atoms with Crippen LogP contribution in [0.2, 0.25) is 0 Å². The van der Waals surface area contributed by atoms with Crippen LogP contribution >= 0.6 is 0 Å². The quantitative estimate of drug-likeness (QED) is 0.809. The summed E-state index contributed by atoms with van der Waals surface area (Å²) < 4.78 is 27.3. The highest BCUT2D eigenvalue weighted by Crippen LogP contribution is 2.25. The van der Waals surface area contributed by atoms with Crippen molar-refractivity contribution < 1.29 is 18.1 Å². The van der Waals surface area contributed by atoms with Crippen LogP contribution in [0, 0.1) is 0 Å². The Morgan fingerprint density at radius 2 is 1.56 bits per heavy atom. The molecule has 150 valence electrons. The zero-order chi connectivity index (χ0) is 19.7. The fourth-order valence-electron chi connectivity index (χ4n) is 3.83. The Morgan fingerprint density at radius 1 is 1.00 bits per heavy atom. The average Bonchev–Trinajstić information content (AvgIpc) is 3.14. The Balaban J connectivity index is 1.60. The number of carbonyl (C=O) groups is 1. The predicted octanol–water partition coefficient (Wildman–Crippen LogP) is 0.496. The molecule has 0 bridgehead atoms. The van der Waals surface area contributed by atoms with Gasteiger partial charge in [0.05, 0.1) is 18.0 Å². The zero-order valence-corrected chi connectivity index (χ0v) is 17.5. The van der Waals surface area contributed by atoms with Crippen LogP contribution in [0.5, 0.6) is 0 Å². The summed E-state index contributed by atoms with van der Waals surface area (Å²) in [4.78, 5) is 16.0. The number of sulfonamides is 1. The minimum atomic E-state index is -3.51. The number of nitrogens with zero attached hydrogens (tertiary/aromatic N) is 2. The van der Waals surface area contributed by atoms with Crippen LogP contribution in [0.1, 0.15) is 39.2 Å². The third kappa shape index (κ3) is 4.70. The van der Waals surface area contributed by atoms with Gasteiger partial charge in [0.25, 0.3) is 5.91 Å². The largest absolute Gasteiger partial charge is 0.335 e. The molecule has 0 radical (unpaired) electrons. The van der Waals surface area contributed by atoms with Crippen LogP contribution in [-0.4, -0.2) is 69.3 Å². The molecule has 0 unspecified atom stereocenters. The van der Waals surface area contributed by atoms with E-state index in [1.54, 1.807) is 12.1 Å². The second kappa shape index (κ2) is 7.89. The Kier molecular flexibility index (Phi) is 5.93. The molecule has 1 aromatic rings. The summed E-state index contributed by atoms with van der Waals surface area (Å²) in [5.41, 5.74) is 1.10. The van der Waals surface area contributed by atoms with Gasteiger partial charge in [-0.25, -0.2) is 8.42 Å². The first-order chi connectivity index (χ1) is 12.7. The predicted molar refractivity (Wildman–Crippen MR) is 105 cm³/mol. The van der Waals surface area contributed by atoms with Gasteiger partial charge in [0.2, 0.25) is 10.0 Å². The number of nitrogens with one attached hydrogen (secondary N) is 1. The van der Waals surface area contributed by atoms with Gasteiger partial charge in [-0.05, 0) is 23.1 Å². The molecule has 7 heteroatoms. The van der Waals surface area contributed by atoms with Gasteiger partial charge in [-0.1, -0.05) is 32.9 Å². The minimum absolute atomic E-state index is 0.00832. The summed E-state index contributed by atoms with van der Waals surface area (Å²) in [5, 5.41) is 0. The number of likely N-dealkylation sites (tertiary alicyclic amines) is 1. The van der Waals surface area contributed by atoms with Gasteiger partial charge < -0.3 is 9.80 Å². The monoisotopic (exact) mass is 394 g/mol. The van der Waals surface area contributed by atoms with E-state index in [0.717, 1.165) is 18.7 Å². The topological polar surface area (TPSA) is 62.1 Å². The van der Waals surface area contributed by atoms with Crippen LogP contribution in [-0.2, 0) is 20.2 Å². The minimum Gasteiger partial charge on any atom is -0.335 e. The van der Waals surface area contributed by atoms with Crippen LogP contribution in [0.25, 0.3) is 0 Å². The van der Waals surface area contributed by atoms with Gasteiger partial charge in [0, 0.05) is 39.0 Å². The Hall–Kier alpha value is -1.44. The molecule has 2 fully saturated rings. The first-order valence-corrected chi connectivity index (χ1v) is 11.3. The lowest BCUT2D eigenvalue weighted by molar-refractivity contribution is -0.879. The second-order valence-electron chi connectivity index (χ2n) is 8.69. The third-order valence-electron chi connectivity index (χ3n) is 5.66. The Labute approximate surface area is 163 Å². The maximum absolute atomic E-state index is 12.9. The molecule has 2 heterocycles. The average molecular weight is 395 g/mol. The van der Waals surface area contributed by atoms with E-state index in [0.29, 0.717) is 37.6 Å². The van der Waals surface area contributed by atoms with E-state index in [9.17, 15) is 13.2 Å². The molecule has 2 aliphatic rings. The molecule has 0 spiro atoms. The maximum atomic E-state index is 12.9. The highest BCUT2D eigenvalue weighted by molar-refractivity contribution is 7.89. The van der Waals surface area contributed by atoms with Gasteiger partial charge >= 0.3 is 0 Å². The number of hydrogen-bond donors (Lipinski definition) is 1. The molecule has 1 aromatic carbocycles. The number of carbonyl (C=O) groups excluding carboxylic acids is 1. The number of hydrogen-bond acceptors (Lipinski definition) is 3. The Bertz CT molecular complexity index is 755. The molecular formula is C20H32N3O3S+. The highest BCUT2D eigenvalue weighted by atomic mass is 32.2. The summed E-state index contributed by atoms with van der Waals surface area (Å²) in [5.74, 6) is 0.151. The van der Waals surface area contributed by atoms with Gasteiger partial charge in [0.1, 0.15) is 0 Å². The van der Waals surface area contributed by atoms with E-state index in [1.165, 1.54) is 22.0 Å². The molecule has 0 aromatic heterocycles. The molecule has 2 saturated heterocycles. The number of benzene rings is 1. The SMILES string of the molecule is CC(C)(C)c1ccc(S(=O)(=O)N2CCN(C(=O)C[NH+]3CCCC3)CC2)cc1. The smallest absolute Gasteiger partial charge is 0.277 e. The van der Waals surface area contributed by atoms with Crippen molar-refractivity contribution in [3.63, 3.8) is 0 Å². The van der Waals surface area contributed by atoms with Crippen molar-refractivity contribution in [1.29, 1.82) is 0 Å². The molecule has 2 aliphatic heterocycles. The lowest BCUT2D eigenvalue weighted by atomic mass is 9.87. The van der Waals surface area contributed by atoms with Gasteiger partial charge in [0.15, 0.2) is 6.54 Å². The highest BCUT2D eigenvalue weighted by Gasteiger charge is 2.31. The lowest BCUT2D eigenvalue weighted by Crippen LogP contribution is -3.11. The zero-order valence-electron chi connectivity index (χ0n) is 16.7. The van der Waals surface area contributed by atoms with Crippen molar-refractivity contribution in [2.24, 2.45) is 0 Å². The molecule has 27 heavy (non-hydrogen) atoms. The Morgan fingerprint density at radius 3 is 2.07 bits per heavy atom. The fourth-order valence-corrected chi connectivity index (χ4v) is 5.25. The summed E-state index contributed by atoms with van der Waals surface area (Å²) in [6.45, 7) is 10.7. The van der Waals surface area contributed by atoms with Crippen molar-refractivity contribution in [2.45, 2.75) is 43.9 Å². The third-order valence-corrected chi connectivity index (χ3v) is 7.57. The number of amides is 1. The number of quaternary nitrogens is 1. The first-order valence-electron chi connectivity index (χ1n) is 9.90. The molecule has 1 amide bonds. The molecular weight excluding hydrogens is 362 g/mol. The molecule has 0 atom stereocenters. The fraction of sp³-hybridized carbons (Fsp3) is 0.650. The van der Waals surface area contributed by atoms with Crippen LogP contribution in [0.15, 0.2) is 29.2 Å². The first kappa shape index (κ1) is 20.3. The summed E-state index contributed by atoms with van der Waals surface area (Å²) >= 11 is 0. The maximum Gasteiger partial charge on any atom is 0.277 e. The van der Waals surface area contributed by atoms with Crippen molar-refractivity contribution >= 4 is 15.9 Å². The second-order valence-corrected chi connectivity index (χ2v) is 10.6. The van der Waals surface area contributed by atoms with Gasteiger partial charge in [-0.15, -0.1) is 0 Å². The standard InChI is InChI=1S/C20H31N3O3S/c1-20(2,3)17-6-8-18(9-7-17)27(25,26)23-14-12-22(13-15-23)19(24)16-21-10-4-5-11-21/h6-9H,4-5,10-16H2,1-3H3/p+1.